The molecule has 0 radical (unpaired) electrons. The molecular weight excluding hydrogens is 232 g/mol. The maximum atomic E-state index is 12.0. The number of nitrogens with one attached hydrogen (secondary N) is 1. The first-order chi connectivity index (χ1) is 8.74. The molecule has 6 nitrogen and oxygen atoms in total. The zero-order valence-corrected chi connectivity index (χ0v) is 10.1. The number of oxazole rings is 1. The summed E-state index contributed by atoms with van der Waals surface area (Å²) in [5, 5.41) is 2.98. The number of imidazole rings is 1. The lowest BCUT2D eigenvalue weighted by molar-refractivity contribution is 0.0921. The maximum Gasteiger partial charge on any atom is 0.273 e. The van der Waals surface area contributed by atoms with E-state index in [1.165, 1.54) is 6.39 Å². The van der Waals surface area contributed by atoms with Crippen LogP contribution in [0.15, 0.2) is 23.2 Å². The minimum absolute atomic E-state index is 0.121. The molecule has 3 rings (SSSR count). The zero-order chi connectivity index (χ0) is 12.5. The fraction of sp³-hybridized carbons (Fsp3) is 0.417. The van der Waals surface area contributed by atoms with Crippen molar-refractivity contribution in [2.24, 2.45) is 0 Å². The highest BCUT2D eigenvalue weighted by molar-refractivity contribution is 5.93. The molecule has 0 aromatic carbocycles. The van der Waals surface area contributed by atoms with E-state index in [9.17, 15) is 4.79 Å². The van der Waals surface area contributed by atoms with Gasteiger partial charge in [0, 0.05) is 31.4 Å². The molecule has 1 aliphatic heterocycles. The smallest absolute Gasteiger partial charge is 0.273 e. The molecule has 2 aromatic heterocycles. The summed E-state index contributed by atoms with van der Waals surface area (Å²) in [6, 6.07) is 0.121. The van der Waals surface area contributed by atoms with E-state index < -0.39 is 0 Å². The van der Waals surface area contributed by atoms with Gasteiger partial charge in [0.05, 0.1) is 0 Å². The molecule has 0 fully saturated rings. The number of rotatable bonds is 2. The average Bonchev–Trinajstić information content (AvgIpc) is 2.96. The summed E-state index contributed by atoms with van der Waals surface area (Å²) < 4.78 is 7.11. The van der Waals surface area contributed by atoms with E-state index >= 15 is 0 Å². The highest BCUT2D eigenvalue weighted by Crippen LogP contribution is 2.14. The molecule has 94 valence electrons. The van der Waals surface area contributed by atoms with E-state index in [0.717, 1.165) is 25.2 Å². The van der Waals surface area contributed by atoms with Gasteiger partial charge in [-0.2, -0.15) is 0 Å². The second-order valence-electron chi connectivity index (χ2n) is 4.46. The standard InChI is InChI=1S/C12H14N4O2/c1-8-11(14-7-18-8)12(17)15-9-2-3-10-13-4-5-16(10)6-9/h4-5,7,9H,2-3,6H2,1H3,(H,15,17)/t9-/m1/s1. The summed E-state index contributed by atoms with van der Waals surface area (Å²) in [6.45, 7) is 2.49. The summed E-state index contributed by atoms with van der Waals surface area (Å²) in [6.07, 6.45) is 6.81. The molecule has 18 heavy (non-hydrogen) atoms. The predicted octanol–water partition coefficient (Wildman–Crippen LogP) is 0.924. The lowest BCUT2D eigenvalue weighted by Gasteiger charge is -2.24. The Hall–Kier alpha value is -2.11. The molecule has 3 heterocycles. The van der Waals surface area contributed by atoms with Crippen molar-refractivity contribution >= 4 is 5.91 Å². The quantitative estimate of drug-likeness (QED) is 0.855. The summed E-state index contributed by atoms with van der Waals surface area (Å²) in [7, 11) is 0. The third-order valence-electron chi connectivity index (χ3n) is 3.23. The number of aromatic nitrogens is 3. The summed E-state index contributed by atoms with van der Waals surface area (Å²) in [5.41, 5.74) is 0.367. The van der Waals surface area contributed by atoms with Crippen molar-refractivity contribution in [3.63, 3.8) is 0 Å². The third-order valence-corrected chi connectivity index (χ3v) is 3.23. The van der Waals surface area contributed by atoms with Gasteiger partial charge < -0.3 is 14.3 Å². The molecule has 0 spiro atoms. The van der Waals surface area contributed by atoms with Crippen LogP contribution in [0.3, 0.4) is 0 Å². The van der Waals surface area contributed by atoms with E-state index in [4.69, 9.17) is 4.42 Å². The summed E-state index contributed by atoms with van der Waals surface area (Å²) in [5.74, 6) is 1.46. The number of hydrogen-bond donors (Lipinski definition) is 1. The van der Waals surface area contributed by atoms with Crippen molar-refractivity contribution in [3.05, 3.63) is 36.1 Å². The van der Waals surface area contributed by atoms with Gasteiger partial charge in [-0.3, -0.25) is 4.79 Å². The molecule has 2 aromatic rings. The van der Waals surface area contributed by atoms with Crippen LogP contribution in [0.4, 0.5) is 0 Å². The highest BCUT2D eigenvalue weighted by atomic mass is 16.3. The van der Waals surface area contributed by atoms with E-state index in [-0.39, 0.29) is 11.9 Å². The third kappa shape index (κ3) is 1.90. The van der Waals surface area contributed by atoms with Crippen LogP contribution in [-0.2, 0) is 13.0 Å². The van der Waals surface area contributed by atoms with Crippen LogP contribution in [0.2, 0.25) is 0 Å². The van der Waals surface area contributed by atoms with Gasteiger partial charge in [0.25, 0.3) is 5.91 Å². The van der Waals surface area contributed by atoms with Crippen molar-refractivity contribution in [3.8, 4) is 0 Å². The Morgan fingerprint density at radius 3 is 3.22 bits per heavy atom. The number of amides is 1. The van der Waals surface area contributed by atoms with Crippen molar-refractivity contribution in [1.82, 2.24) is 19.9 Å². The number of carbonyl (C=O) groups is 1. The maximum absolute atomic E-state index is 12.0. The number of aryl methyl sites for hydroxylation is 2. The van der Waals surface area contributed by atoms with Crippen LogP contribution in [0.1, 0.15) is 28.5 Å². The van der Waals surface area contributed by atoms with E-state index in [0.29, 0.717) is 11.5 Å². The normalized spacial score (nSPS) is 18.4. The van der Waals surface area contributed by atoms with E-state index in [1.807, 2.05) is 6.20 Å². The Morgan fingerprint density at radius 2 is 2.44 bits per heavy atom. The zero-order valence-electron chi connectivity index (χ0n) is 10.1. The largest absolute Gasteiger partial charge is 0.448 e. The molecule has 0 saturated heterocycles. The first kappa shape index (κ1) is 11.0. The molecule has 1 amide bonds. The van der Waals surface area contributed by atoms with Crippen molar-refractivity contribution < 1.29 is 9.21 Å². The average molecular weight is 246 g/mol. The molecule has 6 heteroatoms. The Bertz CT molecular complexity index is 572. The van der Waals surface area contributed by atoms with Gasteiger partial charge in [-0.05, 0) is 13.3 Å². The van der Waals surface area contributed by atoms with Crippen LogP contribution in [0.5, 0.6) is 0 Å². The van der Waals surface area contributed by atoms with E-state index in [1.54, 1.807) is 13.1 Å². The number of fused-ring (bicyclic) bond motifs is 1. The molecule has 0 unspecified atom stereocenters. The Kier molecular flexibility index (Phi) is 2.62. The first-order valence-electron chi connectivity index (χ1n) is 5.95. The Labute approximate surface area is 104 Å². The van der Waals surface area contributed by atoms with Crippen LogP contribution in [0.25, 0.3) is 0 Å². The van der Waals surface area contributed by atoms with Gasteiger partial charge in [0.2, 0.25) is 0 Å². The topological polar surface area (TPSA) is 73.0 Å². The molecule has 1 aliphatic rings. The van der Waals surface area contributed by atoms with Crippen LogP contribution in [0, 0.1) is 6.92 Å². The molecular formula is C12H14N4O2. The van der Waals surface area contributed by atoms with Crippen molar-refractivity contribution in [2.75, 3.05) is 0 Å². The van der Waals surface area contributed by atoms with Gasteiger partial charge in [0.1, 0.15) is 11.6 Å². The van der Waals surface area contributed by atoms with Crippen LogP contribution < -0.4 is 5.32 Å². The first-order valence-corrected chi connectivity index (χ1v) is 5.95. The minimum atomic E-state index is -0.171. The number of nitrogens with zero attached hydrogens (tertiary/aromatic N) is 3. The lowest BCUT2D eigenvalue weighted by Crippen LogP contribution is -2.41. The molecule has 1 N–H and O–H groups in total. The molecule has 0 aliphatic carbocycles. The second kappa shape index (κ2) is 4.29. The SMILES string of the molecule is Cc1ocnc1C(=O)N[C@@H]1CCc2nccn2C1. The fourth-order valence-electron chi connectivity index (χ4n) is 2.26. The Balaban J connectivity index is 1.68. The van der Waals surface area contributed by atoms with Gasteiger partial charge in [-0.1, -0.05) is 0 Å². The second-order valence-corrected chi connectivity index (χ2v) is 4.46. The van der Waals surface area contributed by atoms with Gasteiger partial charge >= 0.3 is 0 Å². The van der Waals surface area contributed by atoms with Gasteiger partial charge in [-0.25, -0.2) is 9.97 Å². The van der Waals surface area contributed by atoms with Gasteiger partial charge in [-0.15, -0.1) is 0 Å². The summed E-state index contributed by atoms with van der Waals surface area (Å²) >= 11 is 0. The molecule has 1 atom stereocenters. The molecule has 0 saturated carbocycles. The lowest BCUT2D eigenvalue weighted by atomic mass is 10.1. The summed E-state index contributed by atoms with van der Waals surface area (Å²) in [4.78, 5) is 20.2. The Morgan fingerprint density at radius 1 is 1.56 bits per heavy atom. The monoisotopic (exact) mass is 246 g/mol. The number of carbonyl (C=O) groups excluding carboxylic acids is 1. The van der Waals surface area contributed by atoms with E-state index in [2.05, 4.69) is 19.9 Å². The fourth-order valence-corrected chi connectivity index (χ4v) is 2.26. The number of hydrogen-bond acceptors (Lipinski definition) is 4. The van der Waals surface area contributed by atoms with Crippen molar-refractivity contribution in [1.29, 1.82) is 0 Å². The van der Waals surface area contributed by atoms with Crippen LogP contribution >= 0.6 is 0 Å². The predicted molar refractivity (Wildman–Crippen MR) is 63.0 cm³/mol. The minimum Gasteiger partial charge on any atom is -0.448 e. The van der Waals surface area contributed by atoms with Gasteiger partial charge in [0.15, 0.2) is 12.1 Å². The van der Waals surface area contributed by atoms with Crippen molar-refractivity contribution in [2.45, 2.75) is 32.4 Å². The van der Waals surface area contributed by atoms with Crippen LogP contribution in [-0.4, -0.2) is 26.5 Å². The molecule has 0 bridgehead atoms. The highest BCUT2D eigenvalue weighted by Gasteiger charge is 2.22.